The van der Waals surface area contributed by atoms with E-state index in [0.29, 0.717) is 64.7 Å². The van der Waals surface area contributed by atoms with Gasteiger partial charge in [-0.25, -0.2) is 4.79 Å². The lowest BCUT2D eigenvalue weighted by Crippen LogP contribution is -2.42. The van der Waals surface area contributed by atoms with Gasteiger partial charge in [-0.3, -0.25) is 4.79 Å². The summed E-state index contributed by atoms with van der Waals surface area (Å²) in [5, 5.41) is 20.8. The van der Waals surface area contributed by atoms with E-state index < -0.39 is 12.1 Å². The molecule has 0 spiro atoms. The molecule has 0 saturated carbocycles. The van der Waals surface area contributed by atoms with Crippen molar-refractivity contribution in [1.29, 1.82) is 0 Å². The van der Waals surface area contributed by atoms with Crippen LogP contribution in [0.5, 0.6) is 5.75 Å². The number of carbonyl (C=O) groups excluding carboxylic acids is 1. The third kappa shape index (κ3) is 8.15. The summed E-state index contributed by atoms with van der Waals surface area (Å²) in [6.07, 6.45) is -0.751. The van der Waals surface area contributed by atoms with Crippen LogP contribution in [0, 0.1) is 0 Å². The summed E-state index contributed by atoms with van der Waals surface area (Å²) in [5.74, 6) is -0.308. The van der Waals surface area contributed by atoms with Crippen LogP contribution in [0.2, 0.25) is 0 Å². The Hall–Kier alpha value is -2.40. The van der Waals surface area contributed by atoms with Gasteiger partial charge in [0.25, 0.3) is 0 Å². The molecule has 0 bridgehead atoms. The average Bonchev–Trinajstić information content (AvgIpc) is 3.20. The molecular formula is C20H30N2O8. The number of carbonyl (C=O) groups is 2. The minimum absolute atomic E-state index is 0.0404. The Morgan fingerprint density at radius 2 is 1.73 bits per heavy atom. The van der Waals surface area contributed by atoms with Gasteiger partial charge < -0.3 is 39.4 Å². The summed E-state index contributed by atoms with van der Waals surface area (Å²) in [4.78, 5) is 25.6. The predicted molar refractivity (Wildman–Crippen MR) is 106 cm³/mol. The Morgan fingerprint density at radius 1 is 1.10 bits per heavy atom. The summed E-state index contributed by atoms with van der Waals surface area (Å²) in [5.41, 5.74) is 0.464. The number of hydrogen-bond donors (Lipinski definition) is 3. The molecule has 0 aromatic heterocycles. The fourth-order valence-electron chi connectivity index (χ4n) is 3.06. The number of aromatic hydroxyl groups is 1. The van der Waals surface area contributed by atoms with Crippen LogP contribution < -0.4 is 5.32 Å². The average molecular weight is 426 g/mol. The lowest BCUT2D eigenvalue weighted by molar-refractivity contribution is -0.133. The Kier molecular flexibility index (Phi) is 10.4. The number of likely N-dealkylation sites (tertiary alicyclic amines) is 1. The number of ether oxygens (including phenoxy) is 4. The molecule has 10 nitrogen and oxygen atoms in total. The first-order valence-electron chi connectivity index (χ1n) is 9.84. The highest BCUT2D eigenvalue weighted by atomic mass is 16.6. The molecule has 1 fully saturated rings. The molecule has 2 rings (SSSR count). The van der Waals surface area contributed by atoms with Gasteiger partial charge in [-0.15, -0.1) is 0 Å². The maximum Gasteiger partial charge on any atom is 0.405 e. The SMILES string of the molecule is COCCOCCOCCO[C@H]1CCN(C(=O)[C@@H](NC(=O)O)c2ccc(O)cc2)C1. The second-order valence-electron chi connectivity index (χ2n) is 6.76. The fraction of sp³-hybridized carbons (Fsp3) is 0.600. The first-order chi connectivity index (χ1) is 14.5. The minimum atomic E-state index is -1.29. The fourth-order valence-corrected chi connectivity index (χ4v) is 3.06. The van der Waals surface area contributed by atoms with Crippen molar-refractivity contribution >= 4 is 12.0 Å². The number of methoxy groups -OCH3 is 1. The molecule has 30 heavy (non-hydrogen) atoms. The third-order valence-electron chi connectivity index (χ3n) is 4.58. The van der Waals surface area contributed by atoms with Crippen LogP contribution in [-0.4, -0.2) is 93.1 Å². The molecule has 168 valence electrons. The van der Waals surface area contributed by atoms with E-state index in [4.69, 9.17) is 24.1 Å². The maximum absolute atomic E-state index is 12.9. The van der Waals surface area contributed by atoms with Crippen molar-refractivity contribution < 1.29 is 38.7 Å². The minimum Gasteiger partial charge on any atom is -0.508 e. The molecule has 1 aliphatic heterocycles. The van der Waals surface area contributed by atoms with E-state index in [-0.39, 0.29) is 17.8 Å². The molecule has 3 N–H and O–H groups in total. The van der Waals surface area contributed by atoms with Gasteiger partial charge in [-0.2, -0.15) is 0 Å². The molecule has 1 aromatic rings. The summed E-state index contributed by atoms with van der Waals surface area (Å²) >= 11 is 0. The highest BCUT2D eigenvalue weighted by Crippen LogP contribution is 2.22. The van der Waals surface area contributed by atoms with Crippen molar-refractivity contribution in [3.8, 4) is 5.75 Å². The third-order valence-corrected chi connectivity index (χ3v) is 4.58. The number of carboxylic acid groups (broad SMARTS) is 1. The number of nitrogens with zero attached hydrogens (tertiary/aromatic N) is 1. The Morgan fingerprint density at radius 3 is 2.37 bits per heavy atom. The van der Waals surface area contributed by atoms with Crippen LogP contribution in [0.3, 0.4) is 0 Å². The quantitative estimate of drug-likeness (QED) is 0.399. The molecule has 2 amide bonds. The largest absolute Gasteiger partial charge is 0.508 e. The number of rotatable bonds is 13. The van der Waals surface area contributed by atoms with Crippen molar-refractivity contribution in [3.05, 3.63) is 29.8 Å². The van der Waals surface area contributed by atoms with Crippen molar-refractivity contribution in [1.82, 2.24) is 10.2 Å². The Balaban J connectivity index is 1.72. The van der Waals surface area contributed by atoms with E-state index in [2.05, 4.69) is 5.32 Å². The monoisotopic (exact) mass is 426 g/mol. The molecule has 1 heterocycles. The van der Waals surface area contributed by atoms with Gasteiger partial charge in [0.2, 0.25) is 5.91 Å². The molecular weight excluding hydrogens is 396 g/mol. The van der Waals surface area contributed by atoms with Gasteiger partial charge in [0.05, 0.1) is 45.7 Å². The number of hydrogen-bond acceptors (Lipinski definition) is 7. The van der Waals surface area contributed by atoms with Crippen LogP contribution in [0.25, 0.3) is 0 Å². The summed E-state index contributed by atoms with van der Waals surface area (Å²) in [7, 11) is 1.62. The first-order valence-corrected chi connectivity index (χ1v) is 9.84. The zero-order chi connectivity index (χ0) is 21.8. The molecule has 1 saturated heterocycles. The summed E-state index contributed by atoms with van der Waals surface area (Å²) in [6.45, 7) is 3.73. The maximum atomic E-state index is 12.9. The van der Waals surface area contributed by atoms with E-state index in [9.17, 15) is 14.7 Å². The van der Waals surface area contributed by atoms with Gasteiger partial charge in [0.15, 0.2) is 0 Å². The first kappa shape index (κ1) is 23.9. The zero-order valence-electron chi connectivity index (χ0n) is 17.1. The highest BCUT2D eigenvalue weighted by molar-refractivity contribution is 5.86. The molecule has 0 unspecified atom stereocenters. The second-order valence-corrected chi connectivity index (χ2v) is 6.76. The van der Waals surface area contributed by atoms with Gasteiger partial charge >= 0.3 is 6.09 Å². The standard InChI is InChI=1S/C20H30N2O8/c1-27-8-9-28-10-11-29-12-13-30-17-6-7-22(14-17)19(24)18(21-20(25)26)15-2-4-16(23)5-3-15/h2-5,17-18,21,23H,6-14H2,1H3,(H,25,26)/t17-,18-/m0/s1. The van der Waals surface area contributed by atoms with Crippen molar-refractivity contribution in [3.63, 3.8) is 0 Å². The van der Waals surface area contributed by atoms with E-state index in [1.54, 1.807) is 12.0 Å². The van der Waals surface area contributed by atoms with Crippen LogP contribution in [0.15, 0.2) is 24.3 Å². The number of benzene rings is 1. The molecule has 1 aromatic carbocycles. The molecule has 0 aliphatic carbocycles. The van der Waals surface area contributed by atoms with Crippen LogP contribution in [0.1, 0.15) is 18.0 Å². The van der Waals surface area contributed by atoms with Gasteiger partial charge in [-0.05, 0) is 24.1 Å². The predicted octanol–water partition coefficient (Wildman–Crippen LogP) is 0.998. The highest BCUT2D eigenvalue weighted by Gasteiger charge is 2.33. The molecule has 0 radical (unpaired) electrons. The van der Waals surface area contributed by atoms with Crippen LogP contribution in [0.4, 0.5) is 4.79 Å². The molecule has 1 aliphatic rings. The summed E-state index contributed by atoms with van der Waals surface area (Å²) < 4.78 is 21.4. The van der Waals surface area contributed by atoms with Crippen LogP contribution >= 0.6 is 0 Å². The lowest BCUT2D eigenvalue weighted by Gasteiger charge is -2.24. The number of phenols is 1. The number of amides is 2. The topological polar surface area (TPSA) is 127 Å². The van der Waals surface area contributed by atoms with Gasteiger partial charge in [0.1, 0.15) is 11.8 Å². The van der Waals surface area contributed by atoms with E-state index >= 15 is 0 Å². The Labute approximate surface area is 175 Å². The number of nitrogens with one attached hydrogen (secondary N) is 1. The number of phenolic OH excluding ortho intramolecular Hbond substituents is 1. The smallest absolute Gasteiger partial charge is 0.405 e. The van der Waals surface area contributed by atoms with Crippen molar-refractivity contribution in [2.75, 3.05) is 59.8 Å². The van der Waals surface area contributed by atoms with E-state index in [1.165, 1.54) is 24.3 Å². The van der Waals surface area contributed by atoms with Gasteiger partial charge in [-0.1, -0.05) is 12.1 Å². The van der Waals surface area contributed by atoms with Gasteiger partial charge in [0, 0.05) is 20.2 Å². The normalized spacial score (nSPS) is 17.1. The lowest BCUT2D eigenvalue weighted by atomic mass is 10.1. The van der Waals surface area contributed by atoms with E-state index in [0.717, 1.165) is 0 Å². The van der Waals surface area contributed by atoms with Crippen LogP contribution in [-0.2, 0) is 23.7 Å². The van der Waals surface area contributed by atoms with E-state index in [1.807, 2.05) is 0 Å². The summed E-state index contributed by atoms with van der Waals surface area (Å²) in [6, 6.07) is 4.83. The second kappa shape index (κ2) is 13.0. The van der Waals surface area contributed by atoms with Crippen molar-refractivity contribution in [2.24, 2.45) is 0 Å². The molecule has 10 heteroatoms. The molecule has 2 atom stereocenters. The van der Waals surface area contributed by atoms with Crippen molar-refractivity contribution in [2.45, 2.75) is 18.6 Å². The zero-order valence-corrected chi connectivity index (χ0v) is 17.1. The Bertz CT molecular complexity index is 655.